The Labute approximate surface area is 108 Å². The van der Waals surface area contributed by atoms with E-state index < -0.39 is 0 Å². The summed E-state index contributed by atoms with van der Waals surface area (Å²) >= 11 is 0. The first-order valence-electron chi connectivity index (χ1n) is 6.68. The molecule has 0 radical (unpaired) electrons. The van der Waals surface area contributed by atoms with Crippen LogP contribution in [0.25, 0.3) is 0 Å². The summed E-state index contributed by atoms with van der Waals surface area (Å²) in [6.07, 6.45) is 3.62. The second kappa shape index (κ2) is 6.01. The maximum absolute atomic E-state index is 12.0. The van der Waals surface area contributed by atoms with Gasteiger partial charge in [-0.3, -0.25) is 4.79 Å². The van der Waals surface area contributed by atoms with Crippen LogP contribution < -0.4 is 5.32 Å². The van der Waals surface area contributed by atoms with Gasteiger partial charge in [0.05, 0.1) is 6.10 Å². The summed E-state index contributed by atoms with van der Waals surface area (Å²) in [7, 11) is 0. The highest BCUT2D eigenvalue weighted by Crippen LogP contribution is 2.23. The maximum Gasteiger partial charge on any atom is 0.251 e. The molecule has 0 bridgehead atoms. The van der Waals surface area contributed by atoms with E-state index in [1.165, 1.54) is 0 Å². The van der Waals surface area contributed by atoms with Crippen molar-refractivity contribution in [3.05, 3.63) is 35.4 Å². The Morgan fingerprint density at radius 1 is 1.28 bits per heavy atom. The molecule has 1 saturated carbocycles. The quantitative estimate of drug-likeness (QED) is 0.861. The van der Waals surface area contributed by atoms with Gasteiger partial charge >= 0.3 is 0 Å². The van der Waals surface area contributed by atoms with Crippen LogP contribution in [0.4, 0.5) is 0 Å². The maximum atomic E-state index is 12.0. The number of aliphatic hydroxyl groups excluding tert-OH is 1. The molecule has 18 heavy (non-hydrogen) atoms. The first-order chi connectivity index (χ1) is 8.66. The van der Waals surface area contributed by atoms with Crippen LogP contribution in [0.15, 0.2) is 24.3 Å². The third kappa shape index (κ3) is 3.33. The molecule has 1 fully saturated rings. The van der Waals surface area contributed by atoms with E-state index in [9.17, 15) is 9.90 Å². The highest BCUT2D eigenvalue weighted by molar-refractivity contribution is 5.95. The zero-order valence-corrected chi connectivity index (χ0v) is 10.9. The number of aliphatic hydroxyl groups is 1. The highest BCUT2D eigenvalue weighted by Gasteiger charge is 2.20. The van der Waals surface area contributed by atoms with E-state index in [0.717, 1.165) is 43.4 Å². The minimum absolute atomic E-state index is 0.0132. The molecule has 0 saturated heterocycles. The van der Waals surface area contributed by atoms with Crippen molar-refractivity contribution in [2.45, 2.75) is 38.7 Å². The number of rotatable bonds is 3. The van der Waals surface area contributed by atoms with Gasteiger partial charge in [-0.1, -0.05) is 18.2 Å². The normalized spacial score (nSPS) is 23.7. The van der Waals surface area contributed by atoms with Gasteiger partial charge < -0.3 is 10.4 Å². The number of amides is 1. The van der Waals surface area contributed by atoms with Crippen molar-refractivity contribution < 1.29 is 9.90 Å². The predicted octanol–water partition coefficient (Wildman–Crippen LogP) is 2.28. The van der Waals surface area contributed by atoms with Crippen LogP contribution in [0.2, 0.25) is 0 Å². The molecule has 3 nitrogen and oxygen atoms in total. The van der Waals surface area contributed by atoms with Crippen molar-refractivity contribution in [2.24, 2.45) is 5.92 Å². The van der Waals surface area contributed by atoms with Crippen molar-refractivity contribution in [2.75, 3.05) is 6.54 Å². The zero-order valence-electron chi connectivity index (χ0n) is 10.9. The molecule has 2 N–H and O–H groups in total. The van der Waals surface area contributed by atoms with E-state index in [1.807, 2.05) is 31.2 Å². The second-order valence-electron chi connectivity index (χ2n) is 5.20. The summed E-state index contributed by atoms with van der Waals surface area (Å²) in [5.74, 6) is 0.528. The minimum atomic E-state index is -0.131. The van der Waals surface area contributed by atoms with Crippen molar-refractivity contribution in [3.63, 3.8) is 0 Å². The average molecular weight is 247 g/mol. The third-order valence-corrected chi connectivity index (χ3v) is 3.76. The molecule has 0 aromatic heterocycles. The second-order valence-corrected chi connectivity index (χ2v) is 5.20. The van der Waals surface area contributed by atoms with E-state index in [2.05, 4.69) is 5.32 Å². The van der Waals surface area contributed by atoms with Gasteiger partial charge in [0, 0.05) is 12.1 Å². The van der Waals surface area contributed by atoms with Gasteiger partial charge in [0.2, 0.25) is 0 Å². The summed E-state index contributed by atoms with van der Waals surface area (Å²) in [5, 5.41) is 12.4. The molecular formula is C15H21NO2. The van der Waals surface area contributed by atoms with Crippen LogP contribution >= 0.6 is 0 Å². The average Bonchev–Trinajstić information content (AvgIpc) is 2.38. The van der Waals surface area contributed by atoms with E-state index in [4.69, 9.17) is 0 Å². The fourth-order valence-electron chi connectivity index (χ4n) is 2.51. The summed E-state index contributed by atoms with van der Waals surface area (Å²) in [5.41, 5.74) is 1.77. The standard InChI is InChI=1S/C15H21NO2/c1-11-4-2-3-5-14(11)15(18)16-10-12-6-8-13(17)9-7-12/h2-5,12-13,17H,6-10H2,1H3,(H,16,18). The van der Waals surface area contributed by atoms with Crippen LogP contribution in [0.1, 0.15) is 41.6 Å². The molecule has 0 atom stereocenters. The van der Waals surface area contributed by atoms with Crippen LogP contribution in [-0.4, -0.2) is 23.7 Å². The predicted molar refractivity (Wildman–Crippen MR) is 71.5 cm³/mol. The summed E-state index contributed by atoms with van der Waals surface area (Å²) < 4.78 is 0. The van der Waals surface area contributed by atoms with E-state index in [1.54, 1.807) is 0 Å². The zero-order chi connectivity index (χ0) is 13.0. The van der Waals surface area contributed by atoms with E-state index >= 15 is 0 Å². The molecule has 1 aliphatic carbocycles. The van der Waals surface area contributed by atoms with Gasteiger partial charge in [-0.05, 0) is 50.2 Å². The molecule has 3 heteroatoms. The lowest BCUT2D eigenvalue weighted by molar-refractivity contribution is 0.0910. The van der Waals surface area contributed by atoms with Gasteiger partial charge in [0.15, 0.2) is 0 Å². The van der Waals surface area contributed by atoms with E-state index in [0.29, 0.717) is 5.92 Å². The number of aryl methyl sites for hydroxylation is 1. The lowest BCUT2D eigenvalue weighted by atomic mass is 9.87. The first-order valence-corrected chi connectivity index (χ1v) is 6.68. The van der Waals surface area contributed by atoms with Crippen molar-refractivity contribution in [1.29, 1.82) is 0 Å². The minimum Gasteiger partial charge on any atom is -0.393 e. The van der Waals surface area contributed by atoms with Gasteiger partial charge in [-0.25, -0.2) is 0 Å². The molecule has 0 heterocycles. The lowest BCUT2D eigenvalue weighted by Crippen LogP contribution is -2.32. The third-order valence-electron chi connectivity index (χ3n) is 3.76. The van der Waals surface area contributed by atoms with Gasteiger partial charge in [0.1, 0.15) is 0 Å². The Bertz CT molecular complexity index is 409. The molecule has 1 aromatic rings. The Kier molecular flexibility index (Phi) is 4.37. The SMILES string of the molecule is Cc1ccccc1C(=O)NCC1CCC(O)CC1. The Balaban J connectivity index is 1.84. The molecular weight excluding hydrogens is 226 g/mol. The Hall–Kier alpha value is -1.35. The van der Waals surface area contributed by atoms with Crippen LogP contribution in [0.5, 0.6) is 0 Å². The largest absolute Gasteiger partial charge is 0.393 e. The Morgan fingerprint density at radius 2 is 1.94 bits per heavy atom. The lowest BCUT2D eigenvalue weighted by Gasteiger charge is -2.25. The topological polar surface area (TPSA) is 49.3 Å². The molecule has 2 rings (SSSR count). The molecule has 1 amide bonds. The van der Waals surface area contributed by atoms with Crippen molar-refractivity contribution >= 4 is 5.91 Å². The summed E-state index contributed by atoms with van der Waals surface area (Å²) in [6, 6.07) is 7.63. The number of hydrogen-bond acceptors (Lipinski definition) is 2. The van der Waals surface area contributed by atoms with Crippen LogP contribution in [0.3, 0.4) is 0 Å². The Morgan fingerprint density at radius 3 is 2.61 bits per heavy atom. The summed E-state index contributed by atoms with van der Waals surface area (Å²) in [4.78, 5) is 12.0. The number of benzene rings is 1. The van der Waals surface area contributed by atoms with Crippen molar-refractivity contribution in [3.8, 4) is 0 Å². The van der Waals surface area contributed by atoms with Crippen LogP contribution in [-0.2, 0) is 0 Å². The molecule has 1 aliphatic rings. The number of carbonyl (C=O) groups is 1. The first kappa shape index (κ1) is 13.1. The molecule has 0 aliphatic heterocycles. The van der Waals surface area contributed by atoms with Crippen molar-refractivity contribution in [1.82, 2.24) is 5.32 Å². The fourth-order valence-corrected chi connectivity index (χ4v) is 2.51. The fraction of sp³-hybridized carbons (Fsp3) is 0.533. The number of nitrogens with one attached hydrogen (secondary N) is 1. The molecule has 1 aromatic carbocycles. The summed E-state index contributed by atoms with van der Waals surface area (Å²) in [6.45, 7) is 2.67. The number of carbonyl (C=O) groups excluding carboxylic acids is 1. The molecule has 98 valence electrons. The van der Waals surface area contributed by atoms with E-state index in [-0.39, 0.29) is 12.0 Å². The van der Waals surface area contributed by atoms with Gasteiger partial charge in [-0.2, -0.15) is 0 Å². The molecule has 0 unspecified atom stereocenters. The highest BCUT2D eigenvalue weighted by atomic mass is 16.3. The van der Waals surface area contributed by atoms with Gasteiger partial charge in [0.25, 0.3) is 5.91 Å². The number of hydrogen-bond donors (Lipinski definition) is 2. The van der Waals surface area contributed by atoms with Gasteiger partial charge in [-0.15, -0.1) is 0 Å². The molecule has 0 spiro atoms. The smallest absolute Gasteiger partial charge is 0.251 e. The van der Waals surface area contributed by atoms with Crippen LogP contribution in [0, 0.1) is 12.8 Å². The monoisotopic (exact) mass is 247 g/mol.